The number of hydrogen-bond donors (Lipinski definition) is 3. The highest BCUT2D eigenvalue weighted by atomic mass is 16.2. The molecule has 0 aliphatic carbocycles. The van der Waals surface area contributed by atoms with Crippen molar-refractivity contribution in [2.24, 2.45) is 5.73 Å². The molecule has 5 heteroatoms. The van der Waals surface area contributed by atoms with E-state index in [4.69, 9.17) is 5.73 Å². The van der Waals surface area contributed by atoms with Gasteiger partial charge < -0.3 is 16.4 Å². The summed E-state index contributed by atoms with van der Waals surface area (Å²) < 4.78 is 0. The Balaban J connectivity index is 1.93. The van der Waals surface area contributed by atoms with Gasteiger partial charge in [-0.05, 0) is 19.0 Å². The monoisotopic (exact) mass is 233 g/mol. The first-order chi connectivity index (χ1) is 8.18. The van der Waals surface area contributed by atoms with Crippen molar-refractivity contribution in [3.8, 4) is 0 Å². The third-order valence-corrected chi connectivity index (χ3v) is 2.74. The van der Waals surface area contributed by atoms with Gasteiger partial charge in [0.2, 0.25) is 11.8 Å². The van der Waals surface area contributed by atoms with Crippen LogP contribution in [0.5, 0.6) is 0 Å². The molecule has 1 unspecified atom stereocenters. The van der Waals surface area contributed by atoms with Crippen molar-refractivity contribution in [1.82, 2.24) is 5.32 Å². The zero-order valence-electron chi connectivity index (χ0n) is 9.40. The number of benzene rings is 1. The van der Waals surface area contributed by atoms with Crippen molar-refractivity contribution in [2.45, 2.75) is 18.9 Å². The highest BCUT2D eigenvalue weighted by Crippen LogP contribution is 2.29. The maximum atomic E-state index is 11.7. The predicted molar refractivity (Wildman–Crippen MR) is 64.2 cm³/mol. The van der Waals surface area contributed by atoms with E-state index in [1.807, 2.05) is 24.3 Å². The van der Waals surface area contributed by atoms with E-state index in [2.05, 4.69) is 10.6 Å². The molecule has 0 fully saturated rings. The lowest BCUT2D eigenvalue weighted by Crippen LogP contribution is -2.28. The van der Waals surface area contributed by atoms with Gasteiger partial charge in [0.1, 0.15) is 6.04 Å². The molecule has 1 aromatic carbocycles. The van der Waals surface area contributed by atoms with Gasteiger partial charge in [-0.3, -0.25) is 9.59 Å². The second-order valence-corrected chi connectivity index (χ2v) is 4.03. The SMILES string of the molecule is NC(=O)CCCNC1C(=O)Nc2ccccc21. The van der Waals surface area contributed by atoms with Crippen LogP contribution >= 0.6 is 0 Å². The summed E-state index contributed by atoms with van der Waals surface area (Å²) in [5, 5.41) is 5.93. The molecule has 90 valence electrons. The van der Waals surface area contributed by atoms with Gasteiger partial charge >= 0.3 is 0 Å². The van der Waals surface area contributed by atoms with Gasteiger partial charge in [0.05, 0.1) is 0 Å². The molecular weight excluding hydrogens is 218 g/mol. The minimum absolute atomic E-state index is 0.0507. The average Bonchev–Trinajstić information content (AvgIpc) is 2.60. The van der Waals surface area contributed by atoms with E-state index in [0.717, 1.165) is 11.3 Å². The average molecular weight is 233 g/mol. The van der Waals surface area contributed by atoms with Crippen molar-refractivity contribution in [3.05, 3.63) is 29.8 Å². The minimum atomic E-state index is -0.320. The number of amides is 2. The lowest BCUT2D eigenvalue weighted by molar-refractivity contribution is -0.118. The molecule has 0 saturated carbocycles. The maximum Gasteiger partial charge on any atom is 0.246 e. The van der Waals surface area contributed by atoms with Crippen LogP contribution < -0.4 is 16.4 Å². The largest absolute Gasteiger partial charge is 0.370 e. The summed E-state index contributed by atoms with van der Waals surface area (Å²) in [6, 6.07) is 7.25. The van der Waals surface area contributed by atoms with Crippen LogP contribution in [0.1, 0.15) is 24.4 Å². The first-order valence-corrected chi connectivity index (χ1v) is 5.60. The number of anilines is 1. The minimum Gasteiger partial charge on any atom is -0.370 e. The zero-order valence-corrected chi connectivity index (χ0v) is 9.40. The second-order valence-electron chi connectivity index (χ2n) is 4.03. The topological polar surface area (TPSA) is 84.2 Å². The zero-order chi connectivity index (χ0) is 12.3. The van der Waals surface area contributed by atoms with Crippen LogP contribution in [0.25, 0.3) is 0 Å². The summed E-state index contributed by atoms with van der Waals surface area (Å²) in [6.07, 6.45) is 0.976. The first-order valence-electron chi connectivity index (χ1n) is 5.60. The fraction of sp³-hybridized carbons (Fsp3) is 0.333. The van der Waals surface area contributed by atoms with Gasteiger partial charge in [-0.2, -0.15) is 0 Å². The number of nitrogens with two attached hydrogens (primary N) is 1. The Morgan fingerprint density at radius 3 is 2.94 bits per heavy atom. The van der Waals surface area contributed by atoms with E-state index in [9.17, 15) is 9.59 Å². The Labute approximate surface area is 99.4 Å². The quantitative estimate of drug-likeness (QED) is 0.649. The number of rotatable bonds is 5. The summed E-state index contributed by atoms with van der Waals surface area (Å²) in [5.41, 5.74) is 6.85. The normalized spacial score (nSPS) is 17.6. The number of hydrogen-bond acceptors (Lipinski definition) is 3. The summed E-state index contributed by atoms with van der Waals surface area (Å²) in [6.45, 7) is 0.593. The highest BCUT2D eigenvalue weighted by molar-refractivity contribution is 6.02. The van der Waals surface area contributed by atoms with Crippen LogP contribution in [0.15, 0.2) is 24.3 Å². The number of nitrogens with one attached hydrogen (secondary N) is 2. The molecule has 2 amide bonds. The number of fused-ring (bicyclic) bond motifs is 1. The molecule has 0 bridgehead atoms. The smallest absolute Gasteiger partial charge is 0.246 e. The molecular formula is C12H15N3O2. The van der Waals surface area contributed by atoms with Gasteiger partial charge in [0.25, 0.3) is 0 Å². The molecule has 1 aliphatic heterocycles. The molecule has 4 N–H and O–H groups in total. The number of carbonyl (C=O) groups excluding carboxylic acids is 2. The summed E-state index contributed by atoms with van der Waals surface area (Å²) in [7, 11) is 0. The molecule has 1 atom stereocenters. The number of primary amides is 1. The molecule has 2 rings (SSSR count). The number of para-hydroxylation sites is 1. The van der Waals surface area contributed by atoms with E-state index >= 15 is 0 Å². The molecule has 1 aromatic rings. The molecule has 1 heterocycles. The Morgan fingerprint density at radius 1 is 1.41 bits per heavy atom. The van der Waals surface area contributed by atoms with E-state index in [1.54, 1.807) is 0 Å². The van der Waals surface area contributed by atoms with E-state index in [0.29, 0.717) is 19.4 Å². The molecule has 1 aliphatic rings. The molecule has 0 radical (unpaired) electrons. The van der Waals surface area contributed by atoms with Crippen LogP contribution in [-0.2, 0) is 9.59 Å². The fourth-order valence-corrected chi connectivity index (χ4v) is 1.92. The Bertz CT molecular complexity index is 445. The van der Waals surface area contributed by atoms with E-state index in [1.165, 1.54) is 0 Å². The van der Waals surface area contributed by atoms with Gasteiger partial charge in [-0.25, -0.2) is 0 Å². The van der Waals surface area contributed by atoms with Gasteiger partial charge in [-0.15, -0.1) is 0 Å². The standard InChI is InChI=1S/C12H15N3O2/c13-10(16)6-3-7-14-11-8-4-1-2-5-9(8)15-12(11)17/h1-2,4-5,11,14H,3,6-7H2,(H2,13,16)(H,15,17). The Kier molecular flexibility index (Phi) is 3.39. The Morgan fingerprint density at radius 2 is 2.18 bits per heavy atom. The van der Waals surface area contributed by atoms with Crippen molar-refractivity contribution < 1.29 is 9.59 Å². The molecule has 0 aromatic heterocycles. The highest BCUT2D eigenvalue weighted by Gasteiger charge is 2.29. The van der Waals surface area contributed by atoms with Gasteiger partial charge in [0.15, 0.2) is 0 Å². The molecule has 0 spiro atoms. The maximum absolute atomic E-state index is 11.7. The van der Waals surface area contributed by atoms with Crippen LogP contribution in [0.3, 0.4) is 0 Å². The third-order valence-electron chi connectivity index (χ3n) is 2.74. The molecule has 17 heavy (non-hydrogen) atoms. The van der Waals surface area contributed by atoms with Gasteiger partial charge in [-0.1, -0.05) is 18.2 Å². The lowest BCUT2D eigenvalue weighted by atomic mass is 10.1. The van der Waals surface area contributed by atoms with Crippen LogP contribution in [-0.4, -0.2) is 18.4 Å². The van der Waals surface area contributed by atoms with Crippen molar-refractivity contribution in [2.75, 3.05) is 11.9 Å². The van der Waals surface area contributed by atoms with Crippen molar-refractivity contribution in [3.63, 3.8) is 0 Å². The van der Waals surface area contributed by atoms with Crippen LogP contribution in [0, 0.1) is 0 Å². The summed E-state index contributed by atoms with van der Waals surface area (Å²) in [4.78, 5) is 22.3. The lowest BCUT2D eigenvalue weighted by Gasteiger charge is -2.10. The second kappa shape index (κ2) is 4.97. The van der Waals surface area contributed by atoms with Crippen molar-refractivity contribution in [1.29, 1.82) is 0 Å². The predicted octanol–water partition coefficient (Wildman–Crippen LogP) is 0.535. The molecule has 5 nitrogen and oxygen atoms in total. The first kappa shape index (κ1) is 11.6. The van der Waals surface area contributed by atoms with Crippen LogP contribution in [0.4, 0.5) is 5.69 Å². The van der Waals surface area contributed by atoms with Crippen molar-refractivity contribution >= 4 is 17.5 Å². The summed E-state index contributed by atoms with van der Waals surface area (Å²) >= 11 is 0. The third kappa shape index (κ3) is 2.62. The van der Waals surface area contributed by atoms with Gasteiger partial charge in [0, 0.05) is 17.7 Å². The summed E-state index contributed by atoms with van der Waals surface area (Å²) in [5.74, 6) is -0.367. The van der Waals surface area contributed by atoms with E-state index < -0.39 is 0 Å². The van der Waals surface area contributed by atoms with Crippen LogP contribution in [0.2, 0.25) is 0 Å². The Hall–Kier alpha value is -1.88. The van der Waals surface area contributed by atoms with E-state index in [-0.39, 0.29) is 17.9 Å². The molecule has 0 saturated heterocycles. The fourth-order valence-electron chi connectivity index (χ4n) is 1.92. The number of carbonyl (C=O) groups is 2.